The van der Waals surface area contributed by atoms with Crippen LogP contribution in [-0.4, -0.2) is 47.9 Å². The predicted molar refractivity (Wildman–Crippen MR) is 130 cm³/mol. The van der Waals surface area contributed by atoms with E-state index in [4.69, 9.17) is 20.8 Å². The van der Waals surface area contributed by atoms with Crippen LogP contribution in [-0.2, 0) is 25.7 Å². The van der Waals surface area contributed by atoms with Gasteiger partial charge in [0.2, 0.25) is 17.7 Å². The van der Waals surface area contributed by atoms with Crippen molar-refractivity contribution in [1.82, 2.24) is 15.2 Å². The zero-order valence-corrected chi connectivity index (χ0v) is 20.0. The van der Waals surface area contributed by atoms with Gasteiger partial charge in [0.25, 0.3) is 0 Å². The Morgan fingerprint density at radius 1 is 1.09 bits per heavy atom. The highest BCUT2D eigenvalue weighted by atomic mass is 35.5. The van der Waals surface area contributed by atoms with Gasteiger partial charge in [-0.3, -0.25) is 14.4 Å². The summed E-state index contributed by atoms with van der Waals surface area (Å²) in [5, 5.41) is 5.96. The lowest BCUT2D eigenvalue weighted by Gasteiger charge is -2.31. The van der Waals surface area contributed by atoms with Gasteiger partial charge in [-0.1, -0.05) is 29.8 Å². The van der Waals surface area contributed by atoms with Gasteiger partial charge < -0.3 is 24.7 Å². The molecule has 9 nitrogen and oxygen atoms in total. The van der Waals surface area contributed by atoms with E-state index < -0.39 is 6.04 Å². The first-order chi connectivity index (χ1) is 17.0. The largest absolute Gasteiger partial charge is 0.467 e. The van der Waals surface area contributed by atoms with Crippen molar-refractivity contribution in [2.24, 2.45) is 0 Å². The maximum Gasteiger partial charge on any atom is 0.247 e. The fourth-order valence-corrected chi connectivity index (χ4v) is 3.52. The van der Waals surface area contributed by atoms with Gasteiger partial charge in [0.05, 0.1) is 19.4 Å². The molecule has 2 N–H and O–H groups in total. The summed E-state index contributed by atoms with van der Waals surface area (Å²) in [6.45, 7) is 0.631. The fraction of sp³-hybridized carbons (Fsp3) is 0.280. The molecule has 0 aliphatic carbocycles. The second-order valence-corrected chi connectivity index (χ2v) is 8.04. The molecule has 184 valence electrons. The molecular formula is C25H27ClN4O5. The summed E-state index contributed by atoms with van der Waals surface area (Å²) in [7, 11) is 1.53. The van der Waals surface area contributed by atoms with Crippen LogP contribution in [0.5, 0.6) is 0 Å². The van der Waals surface area contributed by atoms with Crippen molar-refractivity contribution >= 4 is 35.1 Å². The van der Waals surface area contributed by atoms with E-state index in [2.05, 4.69) is 15.6 Å². The van der Waals surface area contributed by atoms with E-state index in [0.29, 0.717) is 28.8 Å². The van der Waals surface area contributed by atoms with Crippen molar-refractivity contribution in [3.63, 3.8) is 0 Å². The van der Waals surface area contributed by atoms with Crippen molar-refractivity contribution in [1.29, 1.82) is 0 Å². The van der Waals surface area contributed by atoms with Gasteiger partial charge in [0, 0.05) is 37.7 Å². The van der Waals surface area contributed by atoms with E-state index >= 15 is 0 Å². The molecule has 0 aliphatic rings. The standard InChI is InChI=1S/C25H27ClN4O5/c1-34-16-14-28-25(33)24(18-7-9-19(26)10-8-18)30(17-20-5-4-15-35-20)23(32)12-11-22(31)29-21-6-2-3-13-27-21/h2-10,13,15,24H,11-12,14,16-17H2,1H3,(H,28,33)(H,27,29,31)/t24-/m1/s1. The molecule has 0 spiro atoms. The molecule has 0 bridgehead atoms. The van der Waals surface area contributed by atoms with Gasteiger partial charge >= 0.3 is 0 Å². The summed E-state index contributed by atoms with van der Waals surface area (Å²) in [5.41, 5.74) is 0.571. The number of rotatable bonds is 12. The number of benzene rings is 1. The topological polar surface area (TPSA) is 114 Å². The Kier molecular flexibility index (Phi) is 9.82. The summed E-state index contributed by atoms with van der Waals surface area (Å²) < 4.78 is 10.5. The number of aromatic nitrogens is 1. The molecule has 35 heavy (non-hydrogen) atoms. The lowest BCUT2D eigenvalue weighted by atomic mass is 10.0. The molecule has 3 aromatic rings. The number of halogens is 1. The van der Waals surface area contributed by atoms with E-state index in [-0.39, 0.29) is 43.7 Å². The van der Waals surface area contributed by atoms with Crippen LogP contribution in [0.1, 0.15) is 30.2 Å². The van der Waals surface area contributed by atoms with Gasteiger partial charge in [-0.2, -0.15) is 0 Å². The summed E-state index contributed by atoms with van der Waals surface area (Å²) in [5.74, 6) is -0.238. The van der Waals surface area contributed by atoms with Gasteiger partial charge in [-0.15, -0.1) is 0 Å². The van der Waals surface area contributed by atoms with E-state index in [9.17, 15) is 14.4 Å². The molecule has 3 rings (SSSR count). The number of carbonyl (C=O) groups excluding carboxylic acids is 3. The highest BCUT2D eigenvalue weighted by Gasteiger charge is 2.32. The first-order valence-corrected chi connectivity index (χ1v) is 11.4. The lowest BCUT2D eigenvalue weighted by Crippen LogP contribution is -2.44. The van der Waals surface area contributed by atoms with Gasteiger partial charge in [-0.25, -0.2) is 4.98 Å². The maximum absolute atomic E-state index is 13.4. The van der Waals surface area contributed by atoms with Crippen LogP contribution in [0.15, 0.2) is 71.5 Å². The van der Waals surface area contributed by atoms with E-state index in [1.54, 1.807) is 60.8 Å². The monoisotopic (exact) mass is 498 g/mol. The minimum atomic E-state index is -0.972. The number of nitrogens with one attached hydrogen (secondary N) is 2. The SMILES string of the molecule is COCCNC(=O)[C@@H](c1ccc(Cl)cc1)N(Cc1ccco1)C(=O)CCC(=O)Nc1ccccn1. The molecule has 0 fully saturated rings. The Morgan fingerprint density at radius 3 is 2.54 bits per heavy atom. The van der Waals surface area contributed by atoms with Gasteiger partial charge in [0.15, 0.2) is 0 Å². The quantitative estimate of drug-likeness (QED) is 0.369. The van der Waals surface area contributed by atoms with Crippen molar-refractivity contribution in [3.05, 3.63) is 83.4 Å². The van der Waals surface area contributed by atoms with Crippen LogP contribution in [0.25, 0.3) is 0 Å². The Balaban J connectivity index is 1.81. The summed E-state index contributed by atoms with van der Waals surface area (Å²) >= 11 is 6.04. The minimum Gasteiger partial charge on any atom is -0.467 e. The highest BCUT2D eigenvalue weighted by Crippen LogP contribution is 2.26. The number of pyridine rings is 1. The van der Waals surface area contributed by atoms with Crippen LogP contribution in [0.2, 0.25) is 5.02 Å². The molecule has 2 aromatic heterocycles. The van der Waals surface area contributed by atoms with Crippen molar-refractivity contribution in [2.75, 3.05) is 25.6 Å². The normalized spacial score (nSPS) is 11.5. The smallest absolute Gasteiger partial charge is 0.247 e. The van der Waals surface area contributed by atoms with Crippen LogP contribution in [0.4, 0.5) is 5.82 Å². The first kappa shape index (κ1) is 25.9. The Morgan fingerprint density at radius 2 is 1.89 bits per heavy atom. The van der Waals surface area contributed by atoms with Crippen molar-refractivity contribution in [2.45, 2.75) is 25.4 Å². The molecule has 3 amide bonds. The fourth-order valence-electron chi connectivity index (χ4n) is 3.39. The van der Waals surface area contributed by atoms with Crippen LogP contribution >= 0.6 is 11.6 Å². The number of hydrogen-bond donors (Lipinski definition) is 2. The molecule has 2 heterocycles. The number of ether oxygens (including phenoxy) is 1. The number of carbonyl (C=O) groups is 3. The minimum absolute atomic E-state index is 0.0404. The molecule has 0 radical (unpaired) electrons. The van der Waals surface area contributed by atoms with Crippen molar-refractivity contribution < 1.29 is 23.5 Å². The molecule has 0 saturated heterocycles. The van der Waals surface area contributed by atoms with E-state index in [1.165, 1.54) is 18.3 Å². The molecule has 0 saturated carbocycles. The predicted octanol–water partition coefficient (Wildman–Crippen LogP) is 3.58. The molecular weight excluding hydrogens is 472 g/mol. The second kappa shape index (κ2) is 13.3. The molecule has 0 aliphatic heterocycles. The lowest BCUT2D eigenvalue weighted by molar-refractivity contribution is -0.142. The zero-order chi connectivity index (χ0) is 25.0. The Labute approximate surface area is 208 Å². The summed E-state index contributed by atoms with van der Waals surface area (Å²) in [4.78, 5) is 44.5. The van der Waals surface area contributed by atoms with E-state index in [1.807, 2.05) is 0 Å². The first-order valence-electron chi connectivity index (χ1n) is 11.0. The number of hydrogen-bond acceptors (Lipinski definition) is 6. The molecule has 10 heteroatoms. The van der Waals surface area contributed by atoms with Crippen LogP contribution in [0.3, 0.4) is 0 Å². The number of nitrogens with zero attached hydrogens (tertiary/aromatic N) is 2. The molecule has 1 aromatic carbocycles. The number of furan rings is 1. The molecule has 0 unspecified atom stereocenters. The number of methoxy groups -OCH3 is 1. The summed E-state index contributed by atoms with van der Waals surface area (Å²) in [6.07, 6.45) is 2.86. The van der Waals surface area contributed by atoms with Gasteiger partial charge in [-0.05, 0) is 42.0 Å². The Bertz CT molecular complexity index is 1090. The van der Waals surface area contributed by atoms with Gasteiger partial charge in [0.1, 0.15) is 17.6 Å². The number of amides is 3. The maximum atomic E-state index is 13.4. The second-order valence-electron chi connectivity index (χ2n) is 7.60. The average molecular weight is 499 g/mol. The zero-order valence-electron chi connectivity index (χ0n) is 19.3. The van der Waals surface area contributed by atoms with E-state index in [0.717, 1.165) is 0 Å². The number of anilines is 1. The van der Waals surface area contributed by atoms with Crippen LogP contribution in [0, 0.1) is 0 Å². The third-order valence-electron chi connectivity index (χ3n) is 5.08. The molecule has 1 atom stereocenters. The third kappa shape index (κ3) is 7.94. The van der Waals surface area contributed by atoms with Crippen molar-refractivity contribution in [3.8, 4) is 0 Å². The van der Waals surface area contributed by atoms with Crippen LogP contribution < -0.4 is 10.6 Å². The highest BCUT2D eigenvalue weighted by molar-refractivity contribution is 6.30. The summed E-state index contributed by atoms with van der Waals surface area (Å²) in [6, 6.07) is 14.3. The average Bonchev–Trinajstić information content (AvgIpc) is 3.37. The Hall–Kier alpha value is -3.69. The third-order valence-corrected chi connectivity index (χ3v) is 5.33.